The zero-order chi connectivity index (χ0) is 18.1. The maximum absolute atomic E-state index is 13.4. The van der Waals surface area contributed by atoms with E-state index in [0.29, 0.717) is 5.41 Å². The standard InChI is InChI=1S/C20H22FN3O2/c21-16-3-1-2-14(10-16)15-4-5-18(22-13-15)24-8-6-20(7-9-24)11-17(12-20)23-19(25)26/h1-5,10,13,17,23H,6-9,11-12H2,(H,25,26). The van der Waals surface area contributed by atoms with Gasteiger partial charge in [0.25, 0.3) is 0 Å². The molecule has 136 valence electrons. The molecule has 2 aliphatic rings. The number of nitrogens with zero attached hydrogens (tertiary/aromatic N) is 2. The molecule has 0 radical (unpaired) electrons. The van der Waals surface area contributed by atoms with Gasteiger partial charge in [0.1, 0.15) is 11.6 Å². The van der Waals surface area contributed by atoms with Crippen molar-refractivity contribution in [2.75, 3.05) is 18.0 Å². The van der Waals surface area contributed by atoms with E-state index in [4.69, 9.17) is 5.11 Å². The predicted molar refractivity (Wildman–Crippen MR) is 97.7 cm³/mol. The van der Waals surface area contributed by atoms with Crippen LogP contribution < -0.4 is 10.2 Å². The van der Waals surface area contributed by atoms with Crippen LogP contribution in [0.1, 0.15) is 25.7 Å². The van der Waals surface area contributed by atoms with E-state index in [1.807, 2.05) is 18.2 Å². The van der Waals surface area contributed by atoms with Gasteiger partial charge < -0.3 is 15.3 Å². The molecule has 2 fully saturated rings. The Morgan fingerprint density at radius 2 is 1.96 bits per heavy atom. The van der Waals surface area contributed by atoms with Crippen molar-refractivity contribution in [1.29, 1.82) is 0 Å². The summed E-state index contributed by atoms with van der Waals surface area (Å²) in [6.07, 6.45) is 4.89. The number of hydrogen-bond acceptors (Lipinski definition) is 3. The first-order valence-corrected chi connectivity index (χ1v) is 8.99. The molecule has 1 saturated carbocycles. The van der Waals surface area contributed by atoms with Crippen molar-refractivity contribution in [3.8, 4) is 11.1 Å². The average molecular weight is 355 g/mol. The number of nitrogens with one attached hydrogen (secondary N) is 1. The van der Waals surface area contributed by atoms with Crippen LogP contribution in [0.3, 0.4) is 0 Å². The van der Waals surface area contributed by atoms with Crippen molar-refractivity contribution in [3.63, 3.8) is 0 Å². The molecule has 1 saturated heterocycles. The number of hydrogen-bond donors (Lipinski definition) is 2. The quantitative estimate of drug-likeness (QED) is 0.876. The van der Waals surface area contributed by atoms with E-state index in [9.17, 15) is 9.18 Å². The number of piperidine rings is 1. The first-order valence-electron chi connectivity index (χ1n) is 8.99. The Bertz CT molecular complexity index is 793. The second-order valence-corrected chi connectivity index (χ2v) is 7.46. The number of amides is 1. The van der Waals surface area contributed by atoms with Gasteiger partial charge in [-0.05, 0) is 60.9 Å². The highest BCUT2D eigenvalue weighted by Gasteiger charge is 2.46. The van der Waals surface area contributed by atoms with Crippen molar-refractivity contribution in [1.82, 2.24) is 10.3 Å². The molecule has 1 spiro atoms. The summed E-state index contributed by atoms with van der Waals surface area (Å²) in [5, 5.41) is 11.4. The van der Waals surface area contributed by atoms with Gasteiger partial charge in [-0.15, -0.1) is 0 Å². The van der Waals surface area contributed by atoms with Gasteiger partial charge in [-0.25, -0.2) is 14.2 Å². The lowest BCUT2D eigenvalue weighted by Crippen LogP contribution is -2.54. The molecule has 4 rings (SSSR count). The summed E-state index contributed by atoms with van der Waals surface area (Å²) in [6.45, 7) is 1.87. The molecule has 1 aromatic carbocycles. The second-order valence-electron chi connectivity index (χ2n) is 7.46. The fraction of sp³-hybridized carbons (Fsp3) is 0.400. The summed E-state index contributed by atoms with van der Waals surface area (Å²) < 4.78 is 13.4. The Labute approximate surface area is 151 Å². The maximum atomic E-state index is 13.4. The lowest BCUT2D eigenvalue weighted by molar-refractivity contribution is 0.0529. The molecule has 0 unspecified atom stereocenters. The molecule has 6 heteroatoms. The molecule has 1 aliphatic heterocycles. The van der Waals surface area contributed by atoms with Crippen LogP contribution in [0.25, 0.3) is 11.1 Å². The van der Waals surface area contributed by atoms with Gasteiger partial charge in [-0.1, -0.05) is 12.1 Å². The third kappa shape index (κ3) is 3.36. The van der Waals surface area contributed by atoms with E-state index in [-0.39, 0.29) is 11.9 Å². The van der Waals surface area contributed by atoms with E-state index in [2.05, 4.69) is 15.2 Å². The molecule has 5 nitrogen and oxygen atoms in total. The smallest absolute Gasteiger partial charge is 0.404 e. The van der Waals surface area contributed by atoms with Crippen molar-refractivity contribution in [2.45, 2.75) is 31.7 Å². The zero-order valence-electron chi connectivity index (χ0n) is 14.5. The van der Waals surface area contributed by atoms with Crippen LogP contribution in [-0.4, -0.2) is 35.3 Å². The van der Waals surface area contributed by atoms with Gasteiger partial charge in [0.05, 0.1) is 0 Å². The normalized spacial score (nSPS) is 19.2. The van der Waals surface area contributed by atoms with Crippen LogP contribution in [0, 0.1) is 11.2 Å². The Morgan fingerprint density at radius 3 is 2.58 bits per heavy atom. The summed E-state index contributed by atoms with van der Waals surface area (Å²) in [4.78, 5) is 17.6. The van der Waals surface area contributed by atoms with Crippen molar-refractivity contribution in [3.05, 3.63) is 48.4 Å². The SMILES string of the molecule is O=C(O)NC1CC2(CCN(c3ccc(-c4cccc(F)c4)cn3)CC2)C1. The van der Waals surface area contributed by atoms with Gasteiger partial charge in [0, 0.05) is 30.9 Å². The summed E-state index contributed by atoms with van der Waals surface area (Å²) >= 11 is 0. The third-order valence-corrected chi connectivity index (χ3v) is 5.74. The number of carbonyl (C=O) groups is 1. The molecule has 1 aliphatic carbocycles. The number of rotatable bonds is 3. The number of anilines is 1. The fourth-order valence-corrected chi connectivity index (χ4v) is 4.29. The van der Waals surface area contributed by atoms with Gasteiger partial charge in [-0.2, -0.15) is 0 Å². The summed E-state index contributed by atoms with van der Waals surface area (Å²) in [5.41, 5.74) is 2.03. The van der Waals surface area contributed by atoms with Gasteiger partial charge >= 0.3 is 6.09 Å². The summed E-state index contributed by atoms with van der Waals surface area (Å²) in [5.74, 6) is 0.698. The molecule has 2 N–H and O–H groups in total. The zero-order valence-corrected chi connectivity index (χ0v) is 14.5. The Kier molecular flexibility index (Phi) is 4.26. The van der Waals surface area contributed by atoms with Crippen LogP contribution >= 0.6 is 0 Å². The lowest BCUT2D eigenvalue weighted by atomic mass is 9.60. The molecule has 26 heavy (non-hydrogen) atoms. The predicted octanol–water partition coefficient (Wildman–Crippen LogP) is 3.90. The molecule has 1 aromatic heterocycles. The highest BCUT2D eigenvalue weighted by molar-refractivity contribution is 5.65. The number of pyridine rings is 1. The van der Waals surface area contributed by atoms with Gasteiger partial charge in [-0.3, -0.25) is 0 Å². The van der Waals surface area contributed by atoms with Crippen molar-refractivity contribution in [2.24, 2.45) is 5.41 Å². The first kappa shape index (κ1) is 16.8. The van der Waals surface area contributed by atoms with Crippen LogP contribution in [-0.2, 0) is 0 Å². The highest BCUT2D eigenvalue weighted by Crippen LogP contribution is 2.49. The van der Waals surface area contributed by atoms with Crippen LogP contribution in [0.4, 0.5) is 15.0 Å². The average Bonchev–Trinajstić information content (AvgIpc) is 2.61. The molecule has 0 atom stereocenters. The monoisotopic (exact) mass is 355 g/mol. The minimum Gasteiger partial charge on any atom is -0.465 e. The Morgan fingerprint density at radius 1 is 1.19 bits per heavy atom. The second kappa shape index (κ2) is 6.59. The van der Waals surface area contributed by atoms with E-state index in [1.54, 1.807) is 12.3 Å². The van der Waals surface area contributed by atoms with Gasteiger partial charge in [0.2, 0.25) is 0 Å². The number of aromatic nitrogens is 1. The van der Waals surface area contributed by atoms with Crippen molar-refractivity contribution < 1.29 is 14.3 Å². The molecular weight excluding hydrogens is 333 g/mol. The molecular formula is C20H22FN3O2. The fourth-order valence-electron chi connectivity index (χ4n) is 4.29. The van der Waals surface area contributed by atoms with E-state index in [1.165, 1.54) is 12.1 Å². The van der Waals surface area contributed by atoms with Crippen LogP contribution in [0.5, 0.6) is 0 Å². The van der Waals surface area contributed by atoms with E-state index < -0.39 is 6.09 Å². The van der Waals surface area contributed by atoms with E-state index >= 15 is 0 Å². The summed E-state index contributed by atoms with van der Waals surface area (Å²) in [7, 11) is 0. The minimum absolute atomic E-state index is 0.114. The van der Waals surface area contributed by atoms with Gasteiger partial charge in [0.15, 0.2) is 0 Å². The summed E-state index contributed by atoms with van der Waals surface area (Å²) in [6, 6.07) is 10.6. The Hall–Kier alpha value is -2.63. The lowest BCUT2D eigenvalue weighted by Gasteiger charge is -2.52. The molecule has 0 bridgehead atoms. The largest absolute Gasteiger partial charge is 0.465 e. The Balaban J connectivity index is 1.36. The number of halogens is 1. The van der Waals surface area contributed by atoms with E-state index in [0.717, 1.165) is 55.7 Å². The third-order valence-electron chi connectivity index (χ3n) is 5.74. The molecule has 2 heterocycles. The van der Waals surface area contributed by atoms with Crippen molar-refractivity contribution >= 4 is 11.9 Å². The number of benzene rings is 1. The molecule has 1 amide bonds. The maximum Gasteiger partial charge on any atom is 0.404 e. The number of carboxylic acid groups (broad SMARTS) is 1. The minimum atomic E-state index is -0.926. The van der Waals surface area contributed by atoms with Crippen LogP contribution in [0.15, 0.2) is 42.6 Å². The molecule has 2 aromatic rings. The highest BCUT2D eigenvalue weighted by atomic mass is 19.1. The van der Waals surface area contributed by atoms with Crippen LogP contribution in [0.2, 0.25) is 0 Å². The topological polar surface area (TPSA) is 65.5 Å². The first-order chi connectivity index (χ1) is 12.5.